The molecule has 0 aliphatic heterocycles. The first kappa shape index (κ1) is 17.4. The number of benzene rings is 2. The van der Waals surface area contributed by atoms with Crippen LogP contribution < -0.4 is 10.9 Å². The Hall–Kier alpha value is -2.99. The average Bonchev–Trinajstić information content (AvgIpc) is 2.70. The minimum absolute atomic E-state index is 0.163. The first-order valence-electron chi connectivity index (χ1n) is 8.63. The van der Waals surface area contributed by atoms with E-state index in [0.29, 0.717) is 12.2 Å². The first-order valence-corrected chi connectivity index (χ1v) is 9.43. The Balaban J connectivity index is 1.84. The summed E-state index contributed by atoms with van der Waals surface area (Å²) in [6.07, 6.45) is 3.54. The molecule has 1 N–H and O–H groups in total. The first-order chi connectivity index (χ1) is 13.2. The van der Waals surface area contributed by atoms with E-state index in [0.717, 1.165) is 32.2 Å². The van der Waals surface area contributed by atoms with Crippen molar-refractivity contribution >= 4 is 38.1 Å². The van der Waals surface area contributed by atoms with E-state index >= 15 is 0 Å². The van der Waals surface area contributed by atoms with Crippen molar-refractivity contribution < 1.29 is 0 Å². The van der Waals surface area contributed by atoms with Gasteiger partial charge in [-0.15, -0.1) is 0 Å². The van der Waals surface area contributed by atoms with Gasteiger partial charge in [0.2, 0.25) is 0 Å². The van der Waals surface area contributed by atoms with Crippen molar-refractivity contribution in [2.45, 2.75) is 13.5 Å². The van der Waals surface area contributed by atoms with Crippen molar-refractivity contribution in [3.05, 3.63) is 81.8 Å². The molecule has 0 saturated carbocycles. The molecule has 6 heteroatoms. The number of hydrogen-bond acceptors (Lipinski definition) is 4. The number of nitrogens with one attached hydrogen (secondary N) is 1. The number of anilines is 2. The Morgan fingerprint density at radius 2 is 1.89 bits per heavy atom. The molecule has 0 aliphatic carbocycles. The lowest BCUT2D eigenvalue weighted by atomic mass is 10.1. The van der Waals surface area contributed by atoms with E-state index in [1.165, 1.54) is 4.68 Å². The topological polar surface area (TPSA) is 59.8 Å². The highest BCUT2D eigenvalue weighted by molar-refractivity contribution is 9.10. The van der Waals surface area contributed by atoms with Crippen LogP contribution in [0, 0.1) is 0 Å². The smallest absolute Gasteiger partial charge is 0.290 e. The fourth-order valence-corrected chi connectivity index (χ4v) is 3.40. The predicted molar refractivity (Wildman–Crippen MR) is 112 cm³/mol. The molecule has 0 saturated heterocycles. The molecule has 0 bridgehead atoms. The Morgan fingerprint density at radius 3 is 2.70 bits per heavy atom. The van der Waals surface area contributed by atoms with E-state index in [2.05, 4.69) is 31.3 Å². The van der Waals surface area contributed by atoms with E-state index in [1.54, 1.807) is 12.3 Å². The van der Waals surface area contributed by atoms with Crippen LogP contribution in [0.4, 0.5) is 11.4 Å². The molecule has 2 heterocycles. The van der Waals surface area contributed by atoms with E-state index < -0.39 is 0 Å². The monoisotopic (exact) mass is 420 g/mol. The number of hydrogen-bond donors (Lipinski definition) is 1. The number of fused-ring (bicyclic) bond motifs is 1. The van der Waals surface area contributed by atoms with Crippen LogP contribution in [0.3, 0.4) is 0 Å². The summed E-state index contributed by atoms with van der Waals surface area (Å²) in [6.45, 7) is 2.39. The van der Waals surface area contributed by atoms with Crippen molar-refractivity contribution in [3.63, 3.8) is 0 Å². The molecular weight excluding hydrogens is 404 g/mol. The molecule has 0 radical (unpaired) electrons. The van der Waals surface area contributed by atoms with Crippen LogP contribution in [-0.2, 0) is 6.54 Å². The summed E-state index contributed by atoms with van der Waals surface area (Å²) in [5, 5.41) is 9.79. The summed E-state index contributed by atoms with van der Waals surface area (Å²) in [4.78, 5) is 17.1. The molecular formula is C21H17BrN4O. The SMILES string of the molecule is CCn1nc(-c2cccc(Br)c2)cc(Nc2cncc3ccccc23)c1=O. The van der Waals surface area contributed by atoms with Gasteiger partial charge >= 0.3 is 0 Å². The van der Waals surface area contributed by atoms with Crippen LogP contribution in [0.5, 0.6) is 0 Å². The molecule has 0 atom stereocenters. The Morgan fingerprint density at radius 1 is 1.04 bits per heavy atom. The second kappa shape index (κ2) is 7.32. The van der Waals surface area contributed by atoms with Crippen LogP contribution in [0.15, 0.2) is 76.3 Å². The lowest BCUT2D eigenvalue weighted by molar-refractivity contribution is 0.621. The molecule has 0 amide bonds. The van der Waals surface area contributed by atoms with Gasteiger partial charge in [0.25, 0.3) is 5.56 Å². The van der Waals surface area contributed by atoms with E-state index in [9.17, 15) is 4.79 Å². The number of nitrogens with zero attached hydrogens (tertiary/aromatic N) is 3. The summed E-state index contributed by atoms with van der Waals surface area (Å²) in [5.74, 6) is 0. The van der Waals surface area contributed by atoms with Gasteiger partial charge in [0.05, 0.1) is 17.6 Å². The molecule has 4 rings (SSSR count). The highest BCUT2D eigenvalue weighted by Crippen LogP contribution is 2.26. The van der Waals surface area contributed by atoms with E-state index in [1.807, 2.05) is 61.7 Å². The van der Waals surface area contributed by atoms with Crippen molar-refractivity contribution in [1.82, 2.24) is 14.8 Å². The number of rotatable bonds is 4. The summed E-state index contributed by atoms with van der Waals surface area (Å²) >= 11 is 3.49. The quantitative estimate of drug-likeness (QED) is 0.505. The molecule has 2 aromatic heterocycles. The van der Waals surface area contributed by atoms with Gasteiger partial charge in [0.15, 0.2) is 0 Å². The summed E-state index contributed by atoms with van der Waals surface area (Å²) in [5.41, 5.74) is 2.77. The Kier molecular flexibility index (Phi) is 4.73. The lowest BCUT2D eigenvalue weighted by Crippen LogP contribution is -2.24. The molecule has 0 unspecified atom stereocenters. The normalized spacial score (nSPS) is 10.9. The molecule has 0 fully saturated rings. The highest BCUT2D eigenvalue weighted by Gasteiger charge is 2.11. The Bertz CT molecular complexity index is 1180. The van der Waals surface area contributed by atoms with Crippen molar-refractivity contribution in [2.24, 2.45) is 0 Å². The standard InChI is InChI=1S/C21H17BrN4O/c1-2-26-21(27)19(11-18(25-26)14-7-5-8-16(22)10-14)24-20-13-23-12-15-6-3-4-9-17(15)20/h3-13,24H,2H2,1H3. The fraction of sp³-hybridized carbons (Fsp3) is 0.0952. The summed E-state index contributed by atoms with van der Waals surface area (Å²) in [7, 11) is 0. The highest BCUT2D eigenvalue weighted by atomic mass is 79.9. The van der Waals surface area contributed by atoms with Crippen LogP contribution in [0.2, 0.25) is 0 Å². The number of aryl methyl sites for hydroxylation is 1. The van der Waals surface area contributed by atoms with Gasteiger partial charge in [0, 0.05) is 33.6 Å². The molecule has 5 nitrogen and oxygen atoms in total. The minimum atomic E-state index is -0.163. The third-order valence-electron chi connectivity index (χ3n) is 4.33. The maximum absolute atomic E-state index is 12.8. The van der Waals surface area contributed by atoms with Crippen LogP contribution in [0.1, 0.15) is 6.92 Å². The van der Waals surface area contributed by atoms with Gasteiger partial charge in [-0.2, -0.15) is 5.10 Å². The van der Waals surface area contributed by atoms with Crippen molar-refractivity contribution in [1.29, 1.82) is 0 Å². The number of aromatic nitrogens is 3. The molecule has 0 spiro atoms. The fourth-order valence-electron chi connectivity index (χ4n) is 3.00. The zero-order valence-corrected chi connectivity index (χ0v) is 16.3. The minimum Gasteiger partial charge on any atom is -0.349 e. The van der Waals surface area contributed by atoms with Gasteiger partial charge < -0.3 is 5.32 Å². The third-order valence-corrected chi connectivity index (χ3v) is 4.83. The molecule has 134 valence electrons. The zero-order chi connectivity index (χ0) is 18.8. The largest absolute Gasteiger partial charge is 0.349 e. The average molecular weight is 421 g/mol. The predicted octanol–water partition coefficient (Wildman–Crippen LogP) is 4.98. The second-order valence-electron chi connectivity index (χ2n) is 6.11. The second-order valence-corrected chi connectivity index (χ2v) is 7.02. The molecule has 0 aliphatic rings. The Labute approximate surface area is 164 Å². The van der Waals surface area contributed by atoms with Crippen LogP contribution in [-0.4, -0.2) is 14.8 Å². The number of halogens is 1. The van der Waals surface area contributed by atoms with Gasteiger partial charge in [0.1, 0.15) is 5.69 Å². The maximum atomic E-state index is 12.8. The molecule has 2 aromatic carbocycles. The lowest BCUT2D eigenvalue weighted by Gasteiger charge is -2.12. The third kappa shape index (κ3) is 3.48. The van der Waals surface area contributed by atoms with Crippen LogP contribution >= 0.6 is 15.9 Å². The van der Waals surface area contributed by atoms with Crippen molar-refractivity contribution in [3.8, 4) is 11.3 Å². The van der Waals surface area contributed by atoms with Gasteiger partial charge in [-0.05, 0) is 25.1 Å². The molecule has 27 heavy (non-hydrogen) atoms. The van der Waals surface area contributed by atoms with Gasteiger partial charge in [-0.1, -0.05) is 52.3 Å². The van der Waals surface area contributed by atoms with E-state index in [-0.39, 0.29) is 5.56 Å². The molecule has 4 aromatic rings. The number of pyridine rings is 1. The van der Waals surface area contributed by atoms with Crippen molar-refractivity contribution in [2.75, 3.05) is 5.32 Å². The zero-order valence-electron chi connectivity index (χ0n) is 14.7. The summed E-state index contributed by atoms with van der Waals surface area (Å²) in [6, 6.07) is 17.6. The summed E-state index contributed by atoms with van der Waals surface area (Å²) < 4.78 is 2.43. The van der Waals surface area contributed by atoms with Crippen LogP contribution in [0.25, 0.3) is 22.0 Å². The van der Waals surface area contributed by atoms with E-state index in [4.69, 9.17) is 0 Å². The maximum Gasteiger partial charge on any atom is 0.290 e. The van der Waals surface area contributed by atoms with Gasteiger partial charge in [-0.3, -0.25) is 9.78 Å². The van der Waals surface area contributed by atoms with Gasteiger partial charge in [-0.25, -0.2) is 4.68 Å².